The van der Waals surface area contributed by atoms with Crippen molar-refractivity contribution in [3.8, 4) is 0 Å². The number of carbonyl (C=O) groups is 1. The first-order valence-electron chi connectivity index (χ1n) is 11.1. The average molecular weight is 497 g/mol. The molecule has 0 aliphatic carbocycles. The van der Waals surface area contributed by atoms with Crippen LogP contribution in [0.5, 0.6) is 0 Å². The van der Waals surface area contributed by atoms with Crippen molar-refractivity contribution in [2.24, 2.45) is 0 Å². The maximum Gasteiger partial charge on any atom is 0.261 e. The van der Waals surface area contributed by atoms with Gasteiger partial charge in [0.15, 0.2) is 0 Å². The van der Waals surface area contributed by atoms with Crippen molar-refractivity contribution < 1.29 is 13.2 Å². The van der Waals surface area contributed by atoms with Crippen LogP contribution in [-0.4, -0.2) is 30.1 Å². The van der Waals surface area contributed by atoms with Crippen molar-refractivity contribution >= 4 is 37.5 Å². The van der Waals surface area contributed by atoms with Gasteiger partial charge in [0.1, 0.15) is 4.83 Å². The second-order valence-electron chi connectivity index (χ2n) is 8.54. The van der Waals surface area contributed by atoms with Gasteiger partial charge in [0.2, 0.25) is 10.0 Å². The third-order valence-corrected chi connectivity index (χ3v) is 7.99. The molecule has 4 rings (SSSR count). The zero-order valence-electron chi connectivity index (χ0n) is 19.4. The van der Waals surface area contributed by atoms with Crippen molar-refractivity contribution in [1.82, 2.24) is 19.8 Å². The lowest BCUT2D eigenvalue weighted by molar-refractivity contribution is 0.0955. The second kappa shape index (κ2) is 10.1. The van der Waals surface area contributed by atoms with E-state index in [4.69, 9.17) is 0 Å². The van der Waals surface area contributed by atoms with Crippen LogP contribution in [-0.2, 0) is 28.9 Å². The minimum absolute atomic E-state index is 0.130. The van der Waals surface area contributed by atoms with E-state index in [9.17, 15) is 13.2 Å². The molecule has 0 radical (unpaired) electrons. The molecule has 178 valence electrons. The monoisotopic (exact) mass is 496 g/mol. The molecule has 2 heterocycles. The number of carbonyl (C=O) groups excluding carboxylic acids is 1. The highest BCUT2D eigenvalue weighted by Gasteiger charge is 2.18. The number of rotatable bonds is 9. The summed E-state index contributed by atoms with van der Waals surface area (Å²) in [5.41, 5.74) is 3.47. The van der Waals surface area contributed by atoms with Gasteiger partial charge in [-0.3, -0.25) is 9.48 Å². The Kier molecular flexibility index (Phi) is 7.16. The average Bonchev–Trinajstić information content (AvgIpc) is 3.34. The fourth-order valence-corrected chi connectivity index (χ4v) is 6.40. The van der Waals surface area contributed by atoms with Crippen molar-refractivity contribution in [2.45, 2.75) is 45.7 Å². The summed E-state index contributed by atoms with van der Waals surface area (Å²) in [5.74, 6) is -0.320. The molecule has 0 saturated heterocycles. The Balaban J connectivity index is 1.49. The third kappa shape index (κ3) is 5.72. The van der Waals surface area contributed by atoms with Crippen molar-refractivity contribution in [2.75, 3.05) is 0 Å². The molecule has 34 heavy (non-hydrogen) atoms. The molecule has 0 spiro atoms. The zero-order valence-corrected chi connectivity index (χ0v) is 21.0. The summed E-state index contributed by atoms with van der Waals surface area (Å²) >= 11 is 1.41. The fraction of sp³-hybridized carbons (Fsp3) is 0.280. The lowest BCUT2D eigenvalue weighted by Crippen LogP contribution is -2.31. The van der Waals surface area contributed by atoms with Gasteiger partial charge >= 0.3 is 0 Å². The number of aromatic nitrogens is 2. The molecular weight excluding hydrogens is 468 g/mol. The summed E-state index contributed by atoms with van der Waals surface area (Å²) in [6, 6.07) is 19.1. The molecule has 9 heteroatoms. The molecule has 4 aromatic rings. The van der Waals surface area contributed by atoms with Crippen LogP contribution >= 0.6 is 11.3 Å². The SMILES string of the molecule is Cc1nn(Cc2ccccc2)c2sc(C(=O)NCc3ccccc3CS(=O)(=O)NC(C)C)cc12. The Morgan fingerprint density at radius 2 is 1.74 bits per heavy atom. The number of thiophene rings is 1. The predicted octanol–water partition coefficient (Wildman–Crippen LogP) is 4.21. The van der Waals surface area contributed by atoms with Gasteiger partial charge in [-0.25, -0.2) is 13.1 Å². The first-order valence-corrected chi connectivity index (χ1v) is 13.5. The number of nitrogens with zero attached hydrogens (tertiary/aromatic N) is 2. The Hall–Kier alpha value is -3.01. The summed E-state index contributed by atoms with van der Waals surface area (Å²) in [6.45, 7) is 6.40. The Morgan fingerprint density at radius 1 is 1.06 bits per heavy atom. The molecule has 0 unspecified atom stereocenters. The molecule has 2 aromatic heterocycles. The highest BCUT2D eigenvalue weighted by molar-refractivity contribution is 7.88. The number of nitrogens with one attached hydrogen (secondary N) is 2. The molecule has 7 nitrogen and oxygen atoms in total. The van der Waals surface area contributed by atoms with Gasteiger partial charge in [-0.2, -0.15) is 5.10 Å². The number of hydrogen-bond donors (Lipinski definition) is 2. The maximum atomic E-state index is 12.9. The molecule has 1 amide bonds. The Labute approximate surface area is 203 Å². The molecule has 0 aliphatic rings. The van der Waals surface area contributed by atoms with E-state index in [-0.39, 0.29) is 24.2 Å². The van der Waals surface area contributed by atoms with Crippen molar-refractivity contribution in [1.29, 1.82) is 0 Å². The van der Waals surface area contributed by atoms with Crippen LogP contribution in [0.15, 0.2) is 60.7 Å². The topological polar surface area (TPSA) is 93.1 Å². The van der Waals surface area contributed by atoms with Gasteiger partial charge < -0.3 is 5.32 Å². The van der Waals surface area contributed by atoms with E-state index >= 15 is 0 Å². The summed E-state index contributed by atoms with van der Waals surface area (Å²) in [7, 11) is -3.46. The van der Waals surface area contributed by atoms with E-state index in [0.29, 0.717) is 17.0 Å². The highest BCUT2D eigenvalue weighted by Crippen LogP contribution is 2.29. The van der Waals surface area contributed by atoms with Gasteiger partial charge in [-0.05, 0) is 43.5 Å². The van der Waals surface area contributed by atoms with Crippen molar-refractivity contribution in [3.63, 3.8) is 0 Å². The number of sulfonamides is 1. The van der Waals surface area contributed by atoms with Gasteiger partial charge in [0.25, 0.3) is 5.91 Å². The van der Waals surface area contributed by atoms with E-state index in [1.54, 1.807) is 26.0 Å². The number of amides is 1. The first-order chi connectivity index (χ1) is 16.2. The first kappa shape index (κ1) is 24.1. The van der Waals surface area contributed by atoms with E-state index in [2.05, 4.69) is 27.3 Å². The smallest absolute Gasteiger partial charge is 0.261 e. The zero-order chi connectivity index (χ0) is 24.3. The molecule has 0 aliphatic heterocycles. The summed E-state index contributed by atoms with van der Waals surface area (Å²) < 4.78 is 29.3. The molecular formula is C25H28N4O3S2. The minimum atomic E-state index is -3.46. The molecule has 2 aromatic carbocycles. The number of fused-ring (bicyclic) bond motifs is 1. The van der Waals surface area contributed by atoms with Gasteiger partial charge in [-0.15, -0.1) is 11.3 Å². The quantitative estimate of drug-likeness (QED) is 0.363. The molecule has 0 saturated carbocycles. The third-order valence-electron chi connectivity index (χ3n) is 5.32. The van der Waals surface area contributed by atoms with Crippen LogP contribution in [0.2, 0.25) is 0 Å². The van der Waals surface area contributed by atoms with E-state index in [1.165, 1.54) is 11.3 Å². The van der Waals surface area contributed by atoms with Gasteiger partial charge in [-0.1, -0.05) is 54.6 Å². The lowest BCUT2D eigenvalue weighted by Gasteiger charge is -2.13. The predicted molar refractivity (Wildman–Crippen MR) is 136 cm³/mol. The van der Waals surface area contributed by atoms with Gasteiger partial charge in [0, 0.05) is 18.0 Å². The van der Waals surface area contributed by atoms with E-state index in [1.807, 2.05) is 48.0 Å². The summed E-state index contributed by atoms with van der Waals surface area (Å²) in [6.07, 6.45) is 0. The minimum Gasteiger partial charge on any atom is -0.347 e. The Bertz CT molecular complexity index is 1410. The van der Waals surface area contributed by atoms with E-state index < -0.39 is 10.0 Å². The van der Waals surface area contributed by atoms with Gasteiger partial charge in [0.05, 0.1) is 22.9 Å². The number of benzene rings is 2. The largest absolute Gasteiger partial charge is 0.347 e. The number of hydrogen-bond acceptors (Lipinski definition) is 5. The molecule has 2 N–H and O–H groups in total. The van der Waals surface area contributed by atoms with Crippen molar-refractivity contribution in [3.05, 3.63) is 87.9 Å². The molecule has 0 bridgehead atoms. The van der Waals surface area contributed by atoms with E-state index in [0.717, 1.165) is 27.0 Å². The Morgan fingerprint density at radius 3 is 2.44 bits per heavy atom. The molecule has 0 atom stereocenters. The highest BCUT2D eigenvalue weighted by atomic mass is 32.2. The van der Waals surface area contributed by atoms with Crippen LogP contribution in [0.3, 0.4) is 0 Å². The maximum absolute atomic E-state index is 12.9. The molecule has 0 fully saturated rings. The summed E-state index contributed by atoms with van der Waals surface area (Å²) in [5, 5.41) is 8.56. The standard InChI is InChI=1S/C25H28N4O3S2/c1-17(2)28-34(31,32)16-21-12-8-7-11-20(21)14-26-24(30)23-13-22-18(3)27-29(25(22)33-23)15-19-9-5-4-6-10-19/h4-13,17,28H,14-16H2,1-3H3,(H,26,30). The van der Waals surface area contributed by atoms with Crippen LogP contribution in [0.25, 0.3) is 10.2 Å². The summed E-state index contributed by atoms with van der Waals surface area (Å²) in [4.78, 5) is 14.5. The van der Waals surface area contributed by atoms with Crippen LogP contribution < -0.4 is 10.0 Å². The van der Waals surface area contributed by atoms with Crippen LogP contribution in [0.4, 0.5) is 0 Å². The number of aryl methyl sites for hydroxylation is 1. The normalized spacial score (nSPS) is 11.9. The van der Waals surface area contributed by atoms with Crippen LogP contribution in [0, 0.1) is 6.92 Å². The fourth-order valence-electron chi connectivity index (χ4n) is 3.83. The lowest BCUT2D eigenvalue weighted by atomic mass is 10.1. The second-order valence-corrected chi connectivity index (χ2v) is 11.3. The van der Waals surface area contributed by atoms with Crippen LogP contribution in [0.1, 0.15) is 45.9 Å².